The van der Waals surface area contributed by atoms with Gasteiger partial charge in [0.2, 0.25) is 0 Å². The smallest absolute Gasteiger partial charge is 0.322 e. The van der Waals surface area contributed by atoms with Crippen LogP contribution in [0.1, 0.15) is 32.6 Å². The van der Waals surface area contributed by atoms with Gasteiger partial charge in [0.25, 0.3) is 0 Å². The summed E-state index contributed by atoms with van der Waals surface area (Å²) in [6.45, 7) is 3.04. The Balaban J connectivity index is 1.99. The standard InChI is InChI=1S/C14H20N2O/c1-2-13-10-6-7-11-16(13)14(17)15-12-8-4-3-5-9-12/h3-5,8-9,13H,2,6-7,10-11H2,1H3,(H,15,17)/t13-/m1/s1. The lowest BCUT2D eigenvalue weighted by Crippen LogP contribution is -2.45. The van der Waals surface area contributed by atoms with Gasteiger partial charge in [-0.2, -0.15) is 0 Å². The molecule has 1 fully saturated rings. The molecule has 1 aromatic carbocycles. The van der Waals surface area contributed by atoms with Crippen molar-refractivity contribution in [3.63, 3.8) is 0 Å². The summed E-state index contributed by atoms with van der Waals surface area (Å²) in [5, 5.41) is 2.96. The molecule has 0 bridgehead atoms. The number of nitrogens with zero attached hydrogens (tertiary/aromatic N) is 1. The number of urea groups is 1. The second kappa shape index (κ2) is 5.71. The van der Waals surface area contributed by atoms with Gasteiger partial charge < -0.3 is 10.2 Å². The molecule has 3 heteroatoms. The molecule has 1 aliphatic rings. The number of hydrogen-bond donors (Lipinski definition) is 1. The highest BCUT2D eigenvalue weighted by molar-refractivity contribution is 5.89. The van der Waals surface area contributed by atoms with Crippen molar-refractivity contribution in [2.45, 2.75) is 38.6 Å². The average Bonchev–Trinajstić information content (AvgIpc) is 2.40. The molecule has 1 aliphatic heterocycles. The van der Waals surface area contributed by atoms with E-state index in [1.165, 1.54) is 6.42 Å². The lowest BCUT2D eigenvalue weighted by molar-refractivity contribution is 0.160. The molecule has 2 rings (SSSR count). The van der Waals surface area contributed by atoms with E-state index in [-0.39, 0.29) is 6.03 Å². The summed E-state index contributed by atoms with van der Waals surface area (Å²) < 4.78 is 0. The monoisotopic (exact) mass is 232 g/mol. The van der Waals surface area contributed by atoms with Crippen molar-refractivity contribution >= 4 is 11.7 Å². The van der Waals surface area contributed by atoms with Crippen molar-refractivity contribution in [3.8, 4) is 0 Å². The number of anilines is 1. The van der Waals surface area contributed by atoms with Crippen molar-refractivity contribution < 1.29 is 4.79 Å². The minimum atomic E-state index is 0.0442. The Morgan fingerprint density at radius 3 is 2.82 bits per heavy atom. The highest BCUT2D eigenvalue weighted by atomic mass is 16.2. The van der Waals surface area contributed by atoms with Crippen LogP contribution < -0.4 is 5.32 Å². The van der Waals surface area contributed by atoms with E-state index in [2.05, 4.69) is 12.2 Å². The molecule has 0 unspecified atom stereocenters. The Labute approximate surface area is 103 Å². The molecule has 1 atom stereocenters. The van der Waals surface area contributed by atoms with E-state index in [1.807, 2.05) is 35.2 Å². The number of rotatable bonds is 2. The van der Waals surface area contributed by atoms with Crippen LogP contribution in [0.2, 0.25) is 0 Å². The van der Waals surface area contributed by atoms with Gasteiger partial charge in [-0.25, -0.2) is 4.79 Å². The van der Waals surface area contributed by atoms with Crippen molar-refractivity contribution in [3.05, 3.63) is 30.3 Å². The highest BCUT2D eigenvalue weighted by Crippen LogP contribution is 2.20. The number of likely N-dealkylation sites (tertiary alicyclic amines) is 1. The summed E-state index contributed by atoms with van der Waals surface area (Å²) in [5.41, 5.74) is 0.873. The van der Waals surface area contributed by atoms with Crippen LogP contribution in [0.4, 0.5) is 10.5 Å². The van der Waals surface area contributed by atoms with Crippen molar-refractivity contribution in [1.82, 2.24) is 4.90 Å². The van der Waals surface area contributed by atoms with E-state index in [0.29, 0.717) is 6.04 Å². The van der Waals surface area contributed by atoms with E-state index in [9.17, 15) is 4.79 Å². The van der Waals surface area contributed by atoms with E-state index in [0.717, 1.165) is 31.5 Å². The van der Waals surface area contributed by atoms with Gasteiger partial charge in [0.1, 0.15) is 0 Å². The Kier molecular flexibility index (Phi) is 4.02. The molecule has 0 radical (unpaired) electrons. The first-order chi connectivity index (χ1) is 8.31. The SMILES string of the molecule is CC[C@@H]1CCCCN1C(=O)Nc1ccccc1. The molecule has 0 aliphatic carbocycles. The van der Waals surface area contributed by atoms with Crippen LogP contribution in [0.15, 0.2) is 30.3 Å². The number of carbonyl (C=O) groups excluding carboxylic acids is 1. The lowest BCUT2D eigenvalue weighted by Gasteiger charge is -2.35. The van der Waals surface area contributed by atoms with Gasteiger partial charge in [-0.1, -0.05) is 25.1 Å². The molecule has 0 saturated carbocycles. The second-order valence-corrected chi connectivity index (χ2v) is 4.55. The summed E-state index contributed by atoms with van der Waals surface area (Å²) in [4.78, 5) is 14.1. The van der Waals surface area contributed by atoms with Gasteiger partial charge in [0.15, 0.2) is 0 Å². The molecule has 1 N–H and O–H groups in total. The third-order valence-corrected chi connectivity index (χ3v) is 3.38. The van der Waals surface area contributed by atoms with Gasteiger partial charge in [-0.15, -0.1) is 0 Å². The predicted molar refractivity (Wildman–Crippen MR) is 70.1 cm³/mol. The maximum Gasteiger partial charge on any atom is 0.322 e. The van der Waals surface area contributed by atoms with Crippen molar-refractivity contribution in [2.75, 3.05) is 11.9 Å². The Hall–Kier alpha value is -1.51. The summed E-state index contributed by atoms with van der Waals surface area (Å²) in [6.07, 6.45) is 4.55. The van der Waals surface area contributed by atoms with Gasteiger partial charge in [0.05, 0.1) is 0 Å². The summed E-state index contributed by atoms with van der Waals surface area (Å²) >= 11 is 0. The first-order valence-electron chi connectivity index (χ1n) is 6.44. The predicted octanol–water partition coefficient (Wildman–Crippen LogP) is 3.48. The van der Waals surface area contributed by atoms with Crippen molar-refractivity contribution in [2.24, 2.45) is 0 Å². The second-order valence-electron chi connectivity index (χ2n) is 4.55. The largest absolute Gasteiger partial charge is 0.322 e. The molecule has 0 spiro atoms. The Morgan fingerprint density at radius 2 is 2.12 bits per heavy atom. The van der Waals surface area contributed by atoms with E-state index in [1.54, 1.807) is 0 Å². The van der Waals surface area contributed by atoms with Crippen LogP contribution in [-0.2, 0) is 0 Å². The third kappa shape index (κ3) is 2.99. The summed E-state index contributed by atoms with van der Waals surface area (Å²) in [5.74, 6) is 0. The molecule has 2 amide bonds. The fourth-order valence-corrected chi connectivity index (χ4v) is 2.41. The molecule has 1 aromatic rings. The van der Waals surface area contributed by atoms with E-state index < -0.39 is 0 Å². The zero-order chi connectivity index (χ0) is 12.1. The highest BCUT2D eigenvalue weighted by Gasteiger charge is 2.24. The number of hydrogen-bond acceptors (Lipinski definition) is 1. The molecule has 3 nitrogen and oxygen atoms in total. The van der Waals surface area contributed by atoms with Crippen LogP contribution in [0.25, 0.3) is 0 Å². The number of para-hydroxylation sites is 1. The van der Waals surface area contributed by atoms with Gasteiger partial charge >= 0.3 is 6.03 Å². The van der Waals surface area contributed by atoms with Crippen LogP contribution in [-0.4, -0.2) is 23.5 Å². The first-order valence-corrected chi connectivity index (χ1v) is 6.44. The van der Waals surface area contributed by atoms with Gasteiger partial charge in [-0.3, -0.25) is 0 Å². The third-order valence-electron chi connectivity index (χ3n) is 3.38. The molecular weight excluding hydrogens is 212 g/mol. The fraction of sp³-hybridized carbons (Fsp3) is 0.500. The quantitative estimate of drug-likeness (QED) is 0.831. The van der Waals surface area contributed by atoms with Crippen LogP contribution in [0.5, 0.6) is 0 Å². The van der Waals surface area contributed by atoms with E-state index in [4.69, 9.17) is 0 Å². The van der Waals surface area contributed by atoms with Gasteiger partial charge in [0, 0.05) is 18.3 Å². The maximum atomic E-state index is 12.2. The Bertz CT molecular complexity index is 364. The zero-order valence-electron chi connectivity index (χ0n) is 10.4. The van der Waals surface area contributed by atoms with Crippen LogP contribution in [0.3, 0.4) is 0 Å². The van der Waals surface area contributed by atoms with E-state index >= 15 is 0 Å². The molecular formula is C14H20N2O. The fourth-order valence-electron chi connectivity index (χ4n) is 2.41. The summed E-state index contributed by atoms with van der Waals surface area (Å²) in [7, 11) is 0. The molecule has 1 saturated heterocycles. The minimum absolute atomic E-state index is 0.0442. The number of nitrogens with one attached hydrogen (secondary N) is 1. The maximum absolute atomic E-state index is 12.2. The van der Waals surface area contributed by atoms with Crippen molar-refractivity contribution in [1.29, 1.82) is 0 Å². The molecule has 1 heterocycles. The molecule has 17 heavy (non-hydrogen) atoms. The van der Waals surface area contributed by atoms with Crippen LogP contribution in [0, 0.1) is 0 Å². The first kappa shape index (κ1) is 12.0. The minimum Gasteiger partial charge on any atom is -0.322 e. The Morgan fingerprint density at radius 1 is 1.35 bits per heavy atom. The van der Waals surface area contributed by atoms with Crippen LogP contribution >= 0.6 is 0 Å². The number of benzene rings is 1. The average molecular weight is 232 g/mol. The number of carbonyl (C=O) groups is 1. The molecule has 92 valence electrons. The normalized spacial score (nSPS) is 20.1. The van der Waals surface area contributed by atoms with Gasteiger partial charge in [-0.05, 0) is 37.8 Å². The topological polar surface area (TPSA) is 32.3 Å². The number of piperidine rings is 1. The zero-order valence-corrected chi connectivity index (χ0v) is 10.4. The number of amides is 2. The summed E-state index contributed by atoms with van der Waals surface area (Å²) in [6, 6.07) is 10.1. The lowest BCUT2D eigenvalue weighted by atomic mass is 10.0. The molecule has 0 aromatic heterocycles.